The number of carbonyl (C=O) groups is 2. The Hall–Kier alpha value is -3.22. The molecule has 0 saturated heterocycles. The first-order valence-electron chi connectivity index (χ1n) is 9.47. The maximum atomic E-state index is 12.7. The predicted octanol–water partition coefficient (Wildman–Crippen LogP) is 2.79. The Morgan fingerprint density at radius 3 is 2.17 bits per heavy atom. The van der Waals surface area contributed by atoms with Gasteiger partial charge in [-0.1, -0.05) is 12.1 Å². The third-order valence-electron chi connectivity index (χ3n) is 5.12. The maximum Gasteiger partial charge on any atom is 0.240 e. The van der Waals surface area contributed by atoms with Crippen molar-refractivity contribution in [1.29, 1.82) is 0 Å². The van der Waals surface area contributed by atoms with Crippen molar-refractivity contribution in [3.8, 4) is 17.2 Å². The van der Waals surface area contributed by atoms with Gasteiger partial charge in [0.1, 0.15) is 11.2 Å². The van der Waals surface area contributed by atoms with Gasteiger partial charge in [-0.25, -0.2) is 0 Å². The topological polar surface area (TPSA) is 85.9 Å². The molecule has 0 bridgehead atoms. The molecule has 0 spiro atoms. The molecule has 1 aliphatic rings. The van der Waals surface area contributed by atoms with Gasteiger partial charge in [-0.3, -0.25) is 9.59 Å². The van der Waals surface area contributed by atoms with Crippen molar-refractivity contribution >= 4 is 17.5 Å². The molecule has 29 heavy (non-hydrogen) atoms. The van der Waals surface area contributed by atoms with Gasteiger partial charge in [0.25, 0.3) is 0 Å². The number of ether oxygens (including phenoxy) is 3. The molecule has 2 aromatic rings. The van der Waals surface area contributed by atoms with Crippen molar-refractivity contribution in [2.75, 3.05) is 33.2 Å². The second-order valence-electron chi connectivity index (χ2n) is 6.96. The summed E-state index contributed by atoms with van der Waals surface area (Å²) >= 11 is 0. The van der Waals surface area contributed by atoms with Crippen LogP contribution in [0.2, 0.25) is 0 Å². The predicted molar refractivity (Wildman–Crippen MR) is 110 cm³/mol. The summed E-state index contributed by atoms with van der Waals surface area (Å²) in [6, 6.07) is 12.8. The minimum absolute atomic E-state index is 0.232. The van der Waals surface area contributed by atoms with Crippen molar-refractivity contribution in [3.63, 3.8) is 0 Å². The zero-order valence-electron chi connectivity index (χ0n) is 16.9. The fraction of sp³-hybridized carbons (Fsp3) is 0.364. The van der Waals surface area contributed by atoms with Gasteiger partial charge in [0.05, 0.1) is 21.3 Å². The maximum absolute atomic E-state index is 12.7. The van der Waals surface area contributed by atoms with Crippen molar-refractivity contribution in [2.24, 2.45) is 5.41 Å². The van der Waals surface area contributed by atoms with Gasteiger partial charge in [-0.2, -0.15) is 0 Å². The number of amides is 2. The van der Waals surface area contributed by atoms with Gasteiger partial charge < -0.3 is 24.8 Å². The largest absolute Gasteiger partial charge is 0.497 e. The number of rotatable bonds is 9. The third kappa shape index (κ3) is 4.62. The van der Waals surface area contributed by atoms with E-state index in [0.29, 0.717) is 43.0 Å². The monoisotopic (exact) mass is 398 g/mol. The lowest BCUT2D eigenvalue weighted by molar-refractivity contribution is -0.134. The molecule has 0 heterocycles. The number of benzene rings is 2. The van der Waals surface area contributed by atoms with Crippen LogP contribution in [0.15, 0.2) is 42.5 Å². The number of methoxy groups -OCH3 is 3. The lowest BCUT2D eigenvalue weighted by atomic mass is 10.0. The number of nitrogens with one attached hydrogen (secondary N) is 2. The van der Waals surface area contributed by atoms with Crippen LogP contribution in [-0.2, 0) is 16.0 Å². The molecule has 7 heteroatoms. The van der Waals surface area contributed by atoms with Gasteiger partial charge in [-0.15, -0.1) is 0 Å². The average molecular weight is 398 g/mol. The van der Waals surface area contributed by atoms with Gasteiger partial charge in [-0.05, 0) is 49.1 Å². The molecule has 1 saturated carbocycles. The molecule has 1 aliphatic carbocycles. The summed E-state index contributed by atoms with van der Waals surface area (Å²) in [6.07, 6.45) is 1.77. The van der Waals surface area contributed by atoms with Crippen LogP contribution >= 0.6 is 0 Å². The molecule has 0 aliphatic heterocycles. The molecular formula is C22H26N2O5. The van der Waals surface area contributed by atoms with Gasteiger partial charge in [0.15, 0.2) is 11.5 Å². The minimum Gasteiger partial charge on any atom is -0.497 e. The molecule has 2 amide bonds. The Morgan fingerprint density at radius 2 is 1.59 bits per heavy atom. The Bertz CT molecular complexity index is 875. The average Bonchev–Trinajstić information content (AvgIpc) is 3.56. The second-order valence-corrected chi connectivity index (χ2v) is 6.96. The highest BCUT2D eigenvalue weighted by molar-refractivity contribution is 6.13. The fourth-order valence-electron chi connectivity index (χ4n) is 3.13. The summed E-state index contributed by atoms with van der Waals surface area (Å²) in [6.45, 7) is 0.469. The third-order valence-corrected chi connectivity index (χ3v) is 5.12. The fourth-order valence-corrected chi connectivity index (χ4v) is 3.13. The lowest BCUT2D eigenvalue weighted by Gasteiger charge is -2.16. The normalized spacial score (nSPS) is 13.9. The Kier molecular flexibility index (Phi) is 6.26. The molecule has 0 unspecified atom stereocenters. The molecule has 154 valence electrons. The van der Waals surface area contributed by atoms with E-state index in [4.69, 9.17) is 14.2 Å². The van der Waals surface area contributed by atoms with E-state index in [-0.39, 0.29) is 11.8 Å². The highest BCUT2D eigenvalue weighted by Crippen LogP contribution is 2.47. The van der Waals surface area contributed by atoms with E-state index in [1.54, 1.807) is 32.4 Å². The van der Waals surface area contributed by atoms with Gasteiger partial charge >= 0.3 is 0 Å². The van der Waals surface area contributed by atoms with Crippen LogP contribution in [0.25, 0.3) is 0 Å². The van der Waals surface area contributed by atoms with E-state index >= 15 is 0 Å². The SMILES string of the molecule is COc1ccc(CCNC(=O)C2(C(=O)Nc3ccc(OC)c(OC)c3)CC2)cc1. The van der Waals surface area contributed by atoms with E-state index in [2.05, 4.69) is 10.6 Å². The summed E-state index contributed by atoms with van der Waals surface area (Å²) in [7, 11) is 4.70. The molecule has 2 N–H and O–H groups in total. The summed E-state index contributed by atoms with van der Waals surface area (Å²) in [5.74, 6) is 1.35. The number of anilines is 1. The highest BCUT2D eigenvalue weighted by Gasteiger charge is 2.56. The van der Waals surface area contributed by atoms with Crippen LogP contribution in [0.3, 0.4) is 0 Å². The molecule has 0 aromatic heterocycles. The van der Waals surface area contributed by atoms with Gasteiger partial charge in [0, 0.05) is 18.3 Å². The standard InChI is InChI=1S/C22H26N2O5/c1-27-17-7-4-15(5-8-17)10-13-23-20(25)22(11-12-22)21(26)24-16-6-9-18(28-2)19(14-16)29-3/h4-9,14H,10-13H2,1-3H3,(H,23,25)(H,24,26). The molecule has 2 aromatic carbocycles. The number of hydrogen-bond donors (Lipinski definition) is 2. The van der Waals surface area contributed by atoms with Crippen LogP contribution < -0.4 is 24.8 Å². The van der Waals surface area contributed by atoms with E-state index in [1.807, 2.05) is 24.3 Å². The van der Waals surface area contributed by atoms with Crippen molar-refractivity contribution < 1.29 is 23.8 Å². The Morgan fingerprint density at radius 1 is 0.897 bits per heavy atom. The quantitative estimate of drug-likeness (QED) is 0.635. The van der Waals surface area contributed by atoms with E-state index in [9.17, 15) is 9.59 Å². The summed E-state index contributed by atoms with van der Waals surface area (Å²) < 4.78 is 15.6. The van der Waals surface area contributed by atoms with Crippen LogP contribution in [0.5, 0.6) is 17.2 Å². The highest BCUT2D eigenvalue weighted by atomic mass is 16.5. The first-order valence-corrected chi connectivity index (χ1v) is 9.47. The van der Waals surface area contributed by atoms with Crippen molar-refractivity contribution in [1.82, 2.24) is 5.32 Å². The number of carbonyl (C=O) groups excluding carboxylic acids is 2. The molecule has 3 rings (SSSR count). The van der Waals surface area contributed by atoms with Gasteiger partial charge in [0.2, 0.25) is 11.8 Å². The molecule has 7 nitrogen and oxygen atoms in total. The zero-order chi connectivity index (χ0) is 20.9. The van der Waals surface area contributed by atoms with Crippen LogP contribution in [-0.4, -0.2) is 39.7 Å². The molecule has 0 atom stereocenters. The van der Waals surface area contributed by atoms with E-state index in [1.165, 1.54) is 7.11 Å². The molecule has 1 fully saturated rings. The molecular weight excluding hydrogens is 372 g/mol. The lowest BCUT2D eigenvalue weighted by Crippen LogP contribution is -2.40. The smallest absolute Gasteiger partial charge is 0.240 e. The zero-order valence-corrected chi connectivity index (χ0v) is 16.9. The van der Waals surface area contributed by atoms with E-state index < -0.39 is 5.41 Å². The summed E-state index contributed by atoms with van der Waals surface area (Å²) in [5.41, 5.74) is 0.656. The molecule has 0 radical (unpaired) electrons. The Labute approximate surface area is 170 Å². The van der Waals surface area contributed by atoms with Crippen LogP contribution in [0.4, 0.5) is 5.69 Å². The Balaban J connectivity index is 1.55. The number of hydrogen-bond acceptors (Lipinski definition) is 5. The van der Waals surface area contributed by atoms with Crippen LogP contribution in [0, 0.1) is 5.41 Å². The first-order chi connectivity index (χ1) is 14.0. The summed E-state index contributed by atoms with van der Waals surface area (Å²) in [5, 5.41) is 5.72. The first kappa shape index (κ1) is 20.5. The second kappa shape index (κ2) is 8.86. The van der Waals surface area contributed by atoms with Crippen LogP contribution in [0.1, 0.15) is 18.4 Å². The van der Waals surface area contributed by atoms with Crippen molar-refractivity contribution in [2.45, 2.75) is 19.3 Å². The summed E-state index contributed by atoms with van der Waals surface area (Å²) in [4.78, 5) is 25.4. The minimum atomic E-state index is -0.993. The van der Waals surface area contributed by atoms with Crippen molar-refractivity contribution in [3.05, 3.63) is 48.0 Å². The van der Waals surface area contributed by atoms with E-state index in [0.717, 1.165) is 11.3 Å².